The van der Waals surface area contributed by atoms with Crippen LogP contribution in [0.25, 0.3) is 66.9 Å². The van der Waals surface area contributed by atoms with Gasteiger partial charge in [-0.05, 0) is 153 Å². The van der Waals surface area contributed by atoms with Crippen molar-refractivity contribution in [2.45, 2.75) is 43.8 Å². The number of amides is 3. The zero-order valence-electron chi connectivity index (χ0n) is 52.9. The number of ether oxygens (including phenoxy) is 3. The Bertz CT molecular complexity index is 4630. The molecule has 6 aromatic carbocycles. The molecule has 24 nitrogen and oxygen atoms in total. The number of anilines is 3. The van der Waals surface area contributed by atoms with Gasteiger partial charge in [-0.25, -0.2) is 43.9 Å². The first-order chi connectivity index (χ1) is 47.4. The van der Waals surface area contributed by atoms with E-state index in [2.05, 4.69) is 49.6 Å². The van der Waals surface area contributed by atoms with E-state index in [0.29, 0.717) is 107 Å². The third-order valence-corrected chi connectivity index (χ3v) is 17.1. The van der Waals surface area contributed by atoms with Gasteiger partial charge in [0.05, 0.1) is 34.3 Å². The summed E-state index contributed by atoms with van der Waals surface area (Å²) in [4.78, 5) is 67.5. The van der Waals surface area contributed by atoms with E-state index >= 15 is 0 Å². The predicted molar refractivity (Wildman–Crippen MR) is 371 cm³/mol. The molecule has 9 heterocycles. The molecule has 0 bridgehead atoms. The predicted octanol–water partition coefficient (Wildman–Crippen LogP) is 11.9. The number of carbonyl (C=O) groups excluding carboxylic acids is 3. The molecular formula is C73H68N18O6. The molecule has 0 radical (unpaired) electrons. The lowest BCUT2D eigenvalue weighted by Crippen LogP contribution is -2.40. The Kier molecular flexibility index (Phi) is 18.4. The fraction of sp³-hybridized carbons (Fsp3) is 0.178. The molecule has 3 aliphatic heterocycles. The minimum atomic E-state index is -0.0765. The highest BCUT2D eigenvalue weighted by Crippen LogP contribution is 2.39. The van der Waals surface area contributed by atoms with Crippen LogP contribution in [0.3, 0.4) is 0 Å². The summed E-state index contributed by atoms with van der Waals surface area (Å²) in [5.41, 5.74) is 25.5. The Labute approximate surface area is 557 Å². The van der Waals surface area contributed by atoms with Gasteiger partial charge in [0.1, 0.15) is 88.0 Å². The van der Waals surface area contributed by atoms with Gasteiger partial charge < -0.3 is 46.1 Å². The van der Waals surface area contributed by atoms with Gasteiger partial charge >= 0.3 is 0 Å². The summed E-state index contributed by atoms with van der Waals surface area (Å²) in [6.45, 7) is 14.4. The summed E-state index contributed by atoms with van der Waals surface area (Å²) >= 11 is 0. The van der Waals surface area contributed by atoms with Gasteiger partial charge in [-0.1, -0.05) is 74.3 Å². The second-order valence-electron chi connectivity index (χ2n) is 23.2. The van der Waals surface area contributed by atoms with Crippen LogP contribution in [0.5, 0.6) is 34.5 Å². The van der Waals surface area contributed by atoms with Gasteiger partial charge in [0, 0.05) is 56.0 Å². The van der Waals surface area contributed by atoms with Crippen molar-refractivity contribution in [2.75, 3.05) is 56.5 Å². The van der Waals surface area contributed by atoms with Crippen molar-refractivity contribution in [3.8, 4) is 68.3 Å². The molecule has 3 atom stereocenters. The van der Waals surface area contributed by atoms with E-state index in [-0.39, 0.29) is 35.8 Å². The molecule has 3 amide bonds. The number of nitrogen functional groups attached to an aromatic ring is 3. The maximum atomic E-state index is 12.2. The molecule has 97 heavy (non-hydrogen) atoms. The largest absolute Gasteiger partial charge is 0.457 e. The summed E-state index contributed by atoms with van der Waals surface area (Å²) in [6.07, 6.45) is 11.7. The highest BCUT2D eigenvalue weighted by molar-refractivity contribution is 6.00. The first-order valence-corrected chi connectivity index (χ1v) is 31.6. The molecule has 24 heteroatoms. The van der Waals surface area contributed by atoms with Crippen molar-refractivity contribution < 1.29 is 28.6 Å². The summed E-state index contributed by atoms with van der Waals surface area (Å²) in [6, 6.07) is 51.9. The van der Waals surface area contributed by atoms with E-state index in [9.17, 15) is 14.4 Å². The Morgan fingerprint density at radius 3 is 0.948 bits per heavy atom. The van der Waals surface area contributed by atoms with Crippen LogP contribution in [0, 0.1) is 0 Å². The zero-order valence-corrected chi connectivity index (χ0v) is 52.9. The number of carbonyl (C=O) groups is 3. The molecule has 3 fully saturated rings. The van der Waals surface area contributed by atoms with Crippen molar-refractivity contribution in [3.63, 3.8) is 0 Å². The molecular weight excluding hydrogens is 1220 g/mol. The number of hydrogen-bond donors (Lipinski definition) is 3. The SMILES string of the molecule is C=CC(=O)N1CCC[C@@H](n2nc(-c3ccc(Oc4ccccc4)cc3)c3c(N)ncnc32)C1.C=CC(=O)N1CC[C@@H](n2nc(-c3ccc(Oc4ccccc4)cc3)c3c(N)ncnc32)C1.C=CC(=O)N1CC[C@H](n2nc(-c3ccc(Oc4ccccc4)cc3)c3c(N)ncnc32)C1. The highest BCUT2D eigenvalue weighted by atomic mass is 16.5. The van der Waals surface area contributed by atoms with Crippen LogP contribution in [0.15, 0.2) is 221 Å². The van der Waals surface area contributed by atoms with Crippen molar-refractivity contribution in [1.82, 2.24) is 73.9 Å². The number of aromatic nitrogens is 12. The number of piperidine rings is 1. The number of likely N-dealkylation sites (tertiary alicyclic amines) is 3. The first-order valence-electron chi connectivity index (χ1n) is 31.6. The second kappa shape index (κ2) is 28.3. The molecule has 0 saturated carbocycles. The minimum Gasteiger partial charge on any atom is -0.457 e. The average Bonchev–Trinajstić information content (AvgIpc) is 1.63. The van der Waals surface area contributed by atoms with Crippen LogP contribution in [-0.2, 0) is 14.4 Å². The van der Waals surface area contributed by atoms with Gasteiger partial charge in [-0.15, -0.1) is 0 Å². The molecule has 15 rings (SSSR count). The maximum absolute atomic E-state index is 12.2. The number of hydrogen-bond acceptors (Lipinski definition) is 18. The lowest BCUT2D eigenvalue weighted by molar-refractivity contribution is -0.127. The van der Waals surface area contributed by atoms with Crippen LogP contribution in [0.2, 0.25) is 0 Å². The molecule has 0 spiro atoms. The zero-order chi connectivity index (χ0) is 66.9. The van der Waals surface area contributed by atoms with Crippen LogP contribution >= 0.6 is 0 Å². The summed E-state index contributed by atoms with van der Waals surface area (Å²) in [5, 5.41) is 16.8. The van der Waals surface area contributed by atoms with E-state index in [1.54, 1.807) is 14.7 Å². The third-order valence-electron chi connectivity index (χ3n) is 17.1. The molecule has 486 valence electrons. The fourth-order valence-electron chi connectivity index (χ4n) is 12.3. The van der Waals surface area contributed by atoms with E-state index in [4.69, 9.17) is 46.7 Å². The fourth-order valence-corrected chi connectivity index (χ4v) is 12.3. The Hall–Kier alpha value is -12.6. The van der Waals surface area contributed by atoms with Gasteiger partial charge in [-0.3, -0.25) is 14.4 Å². The minimum absolute atomic E-state index is 0.00476. The van der Waals surface area contributed by atoms with Gasteiger partial charge in [0.15, 0.2) is 16.9 Å². The average molecular weight is 1290 g/mol. The Morgan fingerprint density at radius 1 is 0.371 bits per heavy atom. The summed E-state index contributed by atoms with van der Waals surface area (Å²) in [7, 11) is 0. The second-order valence-corrected chi connectivity index (χ2v) is 23.2. The maximum Gasteiger partial charge on any atom is 0.246 e. The number of fused-ring (bicyclic) bond motifs is 3. The van der Waals surface area contributed by atoms with Crippen LogP contribution in [0.1, 0.15) is 43.8 Å². The summed E-state index contributed by atoms with van der Waals surface area (Å²) < 4.78 is 23.3. The van der Waals surface area contributed by atoms with E-state index in [1.807, 2.05) is 178 Å². The van der Waals surface area contributed by atoms with Crippen molar-refractivity contribution in [2.24, 2.45) is 0 Å². The molecule has 3 aliphatic rings. The third kappa shape index (κ3) is 13.6. The van der Waals surface area contributed by atoms with E-state index in [0.717, 1.165) is 76.9 Å². The molecule has 6 N–H and O–H groups in total. The Morgan fingerprint density at radius 2 is 0.649 bits per heavy atom. The lowest BCUT2D eigenvalue weighted by atomic mass is 10.1. The molecule has 12 aromatic rings. The van der Waals surface area contributed by atoms with Gasteiger partial charge in [-0.2, -0.15) is 15.3 Å². The number of benzene rings is 6. The summed E-state index contributed by atoms with van der Waals surface area (Å²) in [5.74, 6) is 5.39. The number of nitrogens with zero attached hydrogens (tertiary/aromatic N) is 15. The smallest absolute Gasteiger partial charge is 0.246 e. The van der Waals surface area contributed by atoms with E-state index < -0.39 is 0 Å². The van der Waals surface area contributed by atoms with E-state index in [1.165, 1.54) is 37.2 Å². The highest BCUT2D eigenvalue weighted by Gasteiger charge is 2.33. The van der Waals surface area contributed by atoms with Crippen LogP contribution in [-0.4, -0.2) is 131 Å². The number of rotatable bonds is 15. The van der Waals surface area contributed by atoms with Crippen molar-refractivity contribution in [1.29, 1.82) is 0 Å². The van der Waals surface area contributed by atoms with Crippen LogP contribution < -0.4 is 31.4 Å². The molecule has 6 aromatic heterocycles. The van der Waals surface area contributed by atoms with Gasteiger partial charge in [0.25, 0.3) is 0 Å². The van der Waals surface area contributed by atoms with Crippen LogP contribution in [0.4, 0.5) is 17.5 Å². The van der Waals surface area contributed by atoms with Crippen molar-refractivity contribution in [3.05, 3.63) is 221 Å². The monoisotopic (exact) mass is 1290 g/mol. The molecule has 0 aliphatic carbocycles. The molecule has 3 saturated heterocycles. The first kappa shape index (κ1) is 63.2. The normalized spacial score (nSPS) is 15.8. The topological polar surface area (TPSA) is 297 Å². The molecule has 0 unspecified atom stereocenters. The van der Waals surface area contributed by atoms with Gasteiger partial charge in [0.2, 0.25) is 17.7 Å². The standard InChI is InChI=1S/C25H24N6O2.2C24H22N6O2/c1-2-21(32)30-14-6-7-18(15-30)31-25-22(24(26)27-16-28-25)23(29-31)17-10-12-20(13-11-17)33-19-8-4-3-5-9-19;2*1-2-20(31)29-13-12-17(14-29)30-24-21(23(25)26-15-27-24)22(28-30)16-8-10-19(11-9-16)32-18-6-4-3-5-7-18/h2-5,8-13,16,18H,1,6-7,14-15H2,(H2,26,27,28);2*2-11,15,17H,1,12-14H2,(H2,25,26,27)/t18-;2*17-/m110/s1. The number of nitrogens with two attached hydrogens (primary N) is 3. The Balaban J connectivity index is 0.000000131. The quantitative estimate of drug-likeness (QED) is 0.0803. The lowest BCUT2D eigenvalue weighted by Gasteiger charge is -2.32. The van der Waals surface area contributed by atoms with Crippen molar-refractivity contribution >= 4 is 68.3 Å². The number of para-hydroxylation sites is 3.